The Balaban J connectivity index is 2.51. The first kappa shape index (κ1) is 14.8. The Hall–Kier alpha value is -0.255. The zero-order chi connectivity index (χ0) is 13.3. The van der Waals surface area contributed by atoms with Crippen LogP contribution in [0.15, 0.2) is 0 Å². The van der Waals surface area contributed by atoms with E-state index in [1.165, 1.54) is 7.11 Å². The number of methoxy groups -OCH3 is 1. The Bertz CT molecular complexity index is 277. The second kappa shape index (κ2) is 5.16. The predicted octanol–water partition coefficient (Wildman–Crippen LogP) is 2.18. The third-order valence-corrected chi connectivity index (χ3v) is 3.84. The fraction of sp³-hybridized carbons (Fsp3) is 0.909. The molecule has 0 aromatic carbocycles. The summed E-state index contributed by atoms with van der Waals surface area (Å²) in [6.45, 7) is 7.88. The second-order valence-corrected chi connectivity index (χ2v) is 5.82. The van der Waals surface area contributed by atoms with Gasteiger partial charge in [-0.2, -0.15) is 0 Å². The molecule has 4 nitrogen and oxygen atoms in total. The summed E-state index contributed by atoms with van der Waals surface area (Å²) in [4.78, 5) is 11.0. The number of hydrogen-bond donors (Lipinski definition) is 0. The van der Waals surface area contributed by atoms with E-state index in [0.29, 0.717) is 6.42 Å². The molecular weight excluding hydrogens is 242 g/mol. The summed E-state index contributed by atoms with van der Waals surface area (Å²) in [5.41, 5.74) is -0.786. The van der Waals surface area contributed by atoms with Gasteiger partial charge in [-0.3, -0.25) is 4.79 Å². The number of esters is 1. The highest BCUT2D eigenvalue weighted by Gasteiger charge is 2.53. The minimum atomic E-state index is -0.480. The molecule has 0 bridgehead atoms. The number of alkyl halides is 1. The van der Waals surface area contributed by atoms with Crippen LogP contribution < -0.4 is 0 Å². The predicted molar refractivity (Wildman–Crippen MR) is 67.0 cm³/mol. The summed E-state index contributed by atoms with van der Waals surface area (Å²) >= 11 is 6.18. The molecule has 98 valence electrons. The van der Waals surface area contributed by atoms with Crippen LogP contribution in [-0.2, 0) is 18.8 Å². The van der Waals surface area contributed by atoms with Crippen molar-refractivity contribution >= 4 is 24.7 Å². The molecule has 0 saturated carbocycles. The minimum Gasteiger partial charge on any atom is -0.469 e. The molecule has 1 heterocycles. The van der Waals surface area contributed by atoms with E-state index >= 15 is 0 Å². The Kier molecular flexibility index (Phi) is 4.50. The largest absolute Gasteiger partial charge is 0.476 e. The molecule has 1 rings (SSSR count). The normalized spacial score (nSPS) is 23.5. The third kappa shape index (κ3) is 3.36. The van der Waals surface area contributed by atoms with Crippen LogP contribution in [0, 0.1) is 0 Å². The van der Waals surface area contributed by atoms with Crippen LogP contribution in [0.1, 0.15) is 40.5 Å². The van der Waals surface area contributed by atoms with Crippen LogP contribution in [0.2, 0.25) is 0 Å². The molecule has 1 aliphatic heterocycles. The lowest BCUT2D eigenvalue weighted by Gasteiger charge is -2.32. The van der Waals surface area contributed by atoms with Crippen LogP contribution in [-0.4, -0.2) is 36.7 Å². The molecule has 0 aliphatic carbocycles. The molecular formula is C11H20BClO4. The van der Waals surface area contributed by atoms with E-state index < -0.39 is 18.3 Å². The fourth-order valence-electron chi connectivity index (χ4n) is 1.53. The van der Waals surface area contributed by atoms with Gasteiger partial charge in [0, 0.05) is 6.42 Å². The smallest absolute Gasteiger partial charge is 0.469 e. The molecule has 0 amide bonds. The van der Waals surface area contributed by atoms with E-state index in [4.69, 9.17) is 20.9 Å². The average molecular weight is 263 g/mol. The lowest BCUT2D eigenvalue weighted by atomic mass is 9.81. The number of hydrogen-bond acceptors (Lipinski definition) is 4. The van der Waals surface area contributed by atoms with Crippen molar-refractivity contribution in [2.45, 2.75) is 57.0 Å². The third-order valence-electron chi connectivity index (χ3n) is 3.42. The Morgan fingerprint density at radius 3 is 2.18 bits per heavy atom. The van der Waals surface area contributed by atoms with Crippen molar-refractivity contribution in [2.75, 3.05) is 7.11 Å². The van der Waals surface area contributed by atoms with Crippen molar-refractivity contribution in [3.05, 3.63) is 0 Å². The van der Waals surface area contributed by atoms with Crippen molar-refractivity contribution < 1.29 is 18.8 Å². The summed E-state index contributed by atoms with van der Waals surface area (Å²) < 4.78 is 16.1. The first-order chi connectivity index (χ1) is 7.69. The molecule has 1 fully saturated rings. The highest BCUT2D eigenvalue weighted by molar-refractivity contribution is 6.60. The van der Waals surface area contributed by atoms with Crippen LogP contribution in [0.5, 0.6) is 0 Å². The Morgan fingerprint density at radius 2 is 1.76 bits per heavy atom. The van der Waals surface area contributed by atoms with Gasteiger partial charge >= 0.3 is 13.1 Å². The molecule has 17 heavy (non-hydrogen) atoms. The summed E-state index contributed by atoms with van der Waals surface area (Å²) in [5.74, 6) is -0.271. The molecule has 1 atom stereocenters. The lowest BCUT2D eigenvalue weighted by molar-refractivity contribution is -0.140. The van der Waals surface area contributed by atoms with Gasteiger partial charge in [0.15, 0.2) is 0 Å². The average Bonchev–Trinajstić information content (AvgIpc) is 2.44. The molecule has 0 N–H and O–H groups in total. The summed E-state index contributed by atoms with van der Waals surface area (Å²) in [6, 6.07) is 0. The maximum absolute atomic E-state index is 11.0. The highest BCUT2D eigenvalue weighted by atomic mass is 35.5. The van der Waals surface area contributed by atoms with Gasteiger partial charge in [0.25, 0.3) is 0 Å². The van der Waals surface area contributed by atoms with Crippen LogP contribution in [0.3, 0.4) is 0 Å². The van der Waals surface area contributed by atoms with E-state index in [-0.39, 0.29) is 17.7 Å². The van der Waals surface area contributed by atoms with E-state index in [1.54, 1.807) is 0 Å². The number of carbonyl (C=O) groups excluding carboxylic acids is 1. The topological polar surface area (TPSA) is 44.8 Å². The molecule has 1 saturated heterocycles. The number of rotatable bonds is 4. The first-order valence-corrected chi connectivity index (χ1v) is 6.20. The van der Waals surface area contributed by atoms with E-state index in [9.17, 15) is 4.79 Å². The van der Waals surface area contributed by atoms with Gasteiger partial charge in [-0.1, -0.05) is 0 Å². The van der Waals surface area contributed by atoms with Crippen molar-refractivity contribution in [1.82, 2.24) is 0 Å². The van der Waals surface area contributed by atoms with Crippen molar-refractivity contribution in [2.24, 2.45) is 0 Å². The van der Waals surface area contributed by atoms with Gasteiger partial charge in [0.1, 0.15) is 0 Å². The minimum absolute atomic E-state index is 0.271. The zero-order valence-corrected chi connectivity index (χ0v) is 11.8. The van der Waals surface area contributed by atoms with Gasteiger partial charge < -0.3 is 14.0 Å². The summed E-state index contributed by atoms with van der Waals surface area (Å²) in [7, 11) is 0.881. The van der Waals surface area contributed by atoms with Gasteiger partial charge in [-0.25, -0.2) is 0 Å². The number of ether oxygens (including phenoxy) is 1. The lowest BCUT2D eigenvalue weighted by Crippen LogP contribution is -2.41. The maximum atomic E-state index is 11.0. The fourth-order valence-corrected chi connectivity index (χ4v) is 1.74. The molecule has 0 spiro atoms. The standard InChI is InChI=1S/C11H20BClO4/c1-10(2)11(3,4)17-12(16-10)8(13)6-7-9(14)15-5/h8H,6-7H2,1-5H3. The monoisotopic (exact) mass is 262 g/mol. The van der Waals surface area contributed by atoms with E-state index in [0.717, 1.165) is 0 Å². The molecule has 0 radical (unpaired) electrons. The van der Waals surface area contributed by atoms with Crippen LogP contribution in [0.25, 0.3) is 0 Å². The maximum Gasteiger partial charge on any atom is 0.476 e. The number of halogens is 1. The van der Waals surface area contributed by atoms with E-state index in [2.05, 4.69) is 4.74 Å². The van der Waals surface area contributed by atoms with Gasteiger partial charge in [-0.05, 0) is 34.1 Å². The van der Waals surface area contributed by atoms with E-state index in [1.807, 2.05) is 27.7 Å². The SMILES string of the molecule is COC(=O)CCC(Cl)B1OC(C)(C)C(C)(C)O1. The van der Waals surface area contributed by atoms with Crippen molar-refractivity contribution in [3.8, 4) is 0 Å². The molecule has 0 aromatic rings. The van der Waals surface area contributed by atoms with Crippen LogP contribution in [0.4, 0.5) is 0 Å². The van der Waals surface area contributed by atoms with Gasteiger partial charge in [0.05, 0.1) is 23.6 Å². The van der Waals surface area contributed by atoms with Crippen LogP contribution >= 0.6 is 11.6 Å². The van der Waals surface area contributed by atoms with Gasteiger partial charge in [0.2, 0.25) is 0 Å². The highest BCUT2D eigenvalue weighted by Crippen LogP contribution is 2.38. The molecule has 0 aromatic heterocycles. The molecule has 6 heteroatoms. The van der Waals surface area contributed by atoms with Gasteiger partial charge in [-0.15, -0.1) is 11.6 Å². The molecule has 1 unspecified atom stereocenters. The first-order valence-electron chi connectivity index (χ1n) is 5.76. The quantitative estimate of drug-likeness (QED) is 0.442. The van der Waals surface area contributed by atoms with Crippen molar-refractivity contribution in [3.63, 3.8) is 0 Å². The van der Waals surface area contributed by atoms with Crippen molar-refractivity contribution in [1.29, 1.82) is 0 Å². The summed E-state index contributed by atoms with van der Waals surface area (Å²) in [5, 5.41) is -0.352. The number of carbonyl (C=O) groups is 1. The second-order valence-electron chi connectivity index (χ2n) is 5.26. The Morgan fingerprint density at radius 1 is 1.29 bits per heavy atom. The Labute approximate surface area is 108 Å². The molecule has 1 aliphatic rings. The zero-order valence-electron chi connectivity index (χ0n) is 11.1. The summed E-state index contributed by atoms with van der Waals surface area (Å²) in [6.07, 6.45) is 0.750.